The van der Waals surface area contributed by atoms with Crippen molar-refractivity contribution in [3.8, 4) is 0 Å². The van der Waals surface area contributed by atoms with Crippen LogP contribution in [0.4, 0.5) is 0 Å². The average Bonchev–Trinajstić information content (AvgIpc) is 2.41. The van der Waals surface area contributed by atoms with E-state index in [9.17, 15) is 0 Å². The standard InChI is InChI=1S/C13H18/c1-4-11-9(2)10(3)12-7-5-6-8-13(11)12/h11H,4-6,8H2,1-3H3. The van der Waals surface area contributed by atoms with Gasteiger partial charge in [-0.25, -0.2) is 0 Å². The molecule has 2 radical (unpaired) electrons. The molecule has 0 heterocycles. The Morgan fingerprint density at radius 2 is 2.15 bits per heavy atom. The highest BCUT2D eigenvalue weighted by atomic mass is 14.3. The highest BCUT2D eigenvalue weighted by Crippen LogP contribution is 2.45. The number of allylic oxidation sites excluding steroid dienone is 4. The maximum atomic E-state index is 3.55. The van der Waals surface area contributed by atoms with Crippen LogP contribution in [0.2, 0.25) is 0 Å². The van der Waals surface area contributed by atoms with E-state index >= 15 is 0 Å². The molecule has 70 valence electrons. The van der Waals surface area contributed by atoms with Gasteiger partial charge in [-0.1, -0.05) is 18.1 Å². The van der Waals surface area contributed by atoms with E-state index in [0.29, 0.717) is 0 Å². The van der Waals surface area contributed by atoms with Crippen LogP contribution in [0.1, 0.15) is 46.5 Å². The summed E-state index contributed by atoms with van der Waals surface area (Å²) in [5, 5.41) is 0. The molecule has 0 aromatic rings. The highest BCUT2D eigenvalue weighted by molar-refractivity contribution is 5.52. The fraction of sp³-hybridized carbons (Fsp3) is 0.615. The number of hydrogen-bond acceptors (Lipinski definition) is 0. The van der Waals surface area contributed by atoms with Gasteiger partial charge in [-0.05, 0) is 50.7 Å². The first kappa shape index (κ1) is 9.05. The van der Waals surface area contributed by atoms with Crippen molar-refractivity contribution in [1.82, 2.24) is 0 Å². The summed E-state index contributed by atoms with van der Waals surface area (Å²) in [5.41, 5.74) is 6.28. The molecular formula is C13H18. The minimum absolute atomic E-state index is 0.753. The molecule has 13 heavy (non-hydrogen) atoms. The van der Waals surface area contributed by atoms with Crippen LogP contribution >= 0.6 is 0 Å². The van der Waals surface area contributed by atoms with Gasteiger partial charge in [0.15, 0.2) is 0 Å². The van der Waals surface area contributed by atoms with E-state index in [2.05, 4.69) is 27.2 Å². The zero-order valence-electron chi connectivity index (χ0n) is 8.91. The average molecular weight is 174 g/mol. The zero-order chi connectivity index (χ0) is 9.42. The van der Waals surface area contributed by atoms with Gasteiger partial charge < -0.3 is 0 Å². The molecule has 0 heteroatoms. The first-order chi connectivity index (χ1) is 6.25. The van der Waals surface area contributed by atoms with Crippen molar-refractivity contribution in [2.24, 2.45) is 5.92 Å². The van der Waals surface area contributed by atoms with Gasteiger partial charge >= 0.3 is 0 Å². The summed E-state index contributed by atoms with van der Waals surface area (Å²) in [4.78, 5) is 0. The summed E-state index contributed by atoms with van der Waals surface area (Å²) in [6, 6.07) is 0. The second-order valence-electron chi connectivity index (χ2n) is 4.20. The van der Waals surface area contributed by atoms with Crippen LogP contribution in [-0.4, -0.2) is 0 Å². The molecule has 0 saturated heterocycles. The third-order valence-corrected chi connectivity index (χ3v) is 3.56. The lowest BCUT2D eigenvalue weighted by molar-refractivity contribution is 0.628. The summed E-state index contributed by atoms with van der Waals surface area (Å²) in [6.07, 6.45) is 8.61. The predicted octanol–water partition coefficient (Wildman–Crippen LogP) is 3.92. The number of hydrogen-bond donors (Lipinski definition) is 0. The molecule has 2 rings (SSSR count). The van der Waals surface area contributed by atoms with Gasteiger partial charge in [-0.15, -0.1) is 0 Å². The Balaban J connectivity index is 2.37. The maximum absolute atomic E-state index is 3.55. The third kappa shape index (κ3) is 1.27. The Morgan fingerprint density at radius 3 is 2.85 bits per heavy atom. The second kappa shape index (κ2) is 3.32. The minimum atomic E-state index is 0.753. The molecule has 0 amide bonds. The third-order valence-electron chi connectivity index (χ3n) is 3.56. The molecule has 2 aliphatic carbocycles. The van der Waals surface area contributed by atoms with Gasteiger partial charge in [0, 0.05) is 12.3 Å². The Hall–Kier alpha value is -0.520. The Morgan fingerprint density at radius 1 is 1.38 bits per heavy atom. The van der Waals surface area contributed by atoms with Crippen LogP contribution in [0.25, 0.3) is 0 Å². The van der Waals surface area contributed by atoms with Crippen LogP contribution in [-0.2, 0) is 0 Å². The summed E-state index contributed by atoms with van der Waals surface area (Å²) in [6.45, 7) is 6.86. The van der Waals surface area contributed by atoms with Gasteiger partial charge in [-0.3, -0.25) is 0 Å². The first-order valence-electron chi connectivity index (χ1n) is 5.40. The molecule has 0 saturated carbocycles. The lowest BCUT2D eigenvalue weighted by Crippen LogP contribution is -2.04. The molecular weight excluding hydrogens is 156 g/mol. The van der Waals surface area contributed by atoms with E-state index in [1.165, 1.54) is 36.8 Å². The van der Waals surface area contributed by atoms with E-state index in [-0.39, 0.29) is 0 Å². The second-order valence-corrected chi connectivity index (χ2v) is 4.20. The Bertz CT molecular complexity index is 278. The van der Waals surface area contributed by atoms with Crippen molar-refractivity contribution in [2.75, 3.05) is 0 Å². The quantitative estimate of drug-likeness (QED) is 0.565. The SMILES string of the molecule is CCC1C(C)=C(C)C2=C1CCC[C]2. The zero-order valence-corrected chi connectivity index (χ0v) is 8.91. The van der Waals surface area contributed by atoms with E-state index < -0.39 is 0 Å². The van der Waals surface area contributed by atoms with Crippen molar-refractivity contribution in [2.45, 2.75) is 46.5 Å². The molecule has 0 spiro atoms. The van der Waals surface area contributed by atoms with Gasteiger partial charge in [-0.2, -0.15) is 0 Å². The van der Waals surface area contributed by atoms with E-state index in [1.54, 1.807) is 11.1 Å². The molecule has 0 aliphatic heterocycles. The van der Waals surface area contributed by atoms with E-state index in [4.69, 9.17) is 0 Å². The van der Waals surface area contributed by atoms with Crippen molar-refractivity contribution < 1.29 is 0 Å². The molecule has 0 fully saturated rings. The summed E-state index contributed by atoms with van der Waals surface area (Å²) < 4.78 is 0. The van der Waals surface area contributed by atoms with Crippen molar-refractivity contribution in [3.63, 3.8) is 0 Å². The van der Waals surface area contributed by atoms with Crippen LogP contribution in [0.15, 0.2) is 22.3 Å². The highest BCUT2D eigenvalue weighted by Gasteiger charge is 2.29. The van der Waals surface area contributed by atoms with Gasteiger partial charge in [0.1, 0.15) is 0 Å². The molecule has 0 aromatic heterocycles. The fourth-order valence-corrected chi connectivity index (χ4v) is 2.73. The van der Waals surface area contributed by atoms with Gasteiger partial charge in [0.2, 0.25) is 0 Å². The predicted molar refractivity (Wildman–Crippen MR) is 56.3 cm³/mol. The molecule has 1 unspecified atom stereocenters. The van der Waals surface area contributed by atoms with Gasteiger partial charge in [0.25, 0.3) is 0 Å². The maximum Gasteiger partial charge on any atom is 0.0167 e. The normalized spacial score (nSPS) is 28.4. The van der Waals surface area contributed by atoms with Crippen LogP contribution in [0.3, 0.4) is 0 Å². The minimum Gasteiger partial charge on any atom is -0.0645 e. The lowest BCUT2D eigenvalue weighted by atomic mass is 9.85. The fourth-order valence-electron chi connectivity index (χ4n) is 2.73. The van der Waals surface area contributed by atoms with Crippen molar-refractivity contribution in [1.29, 1.82) is 0 Å². The summed E-state index contributed by atoms with van der Waals surface area (Å²) in [7, 11) is 0. The lowest BCUT2D eigenvalue weighted by Gasteiger charge is -2.19. The van der Waals surface area contributed by atoms with Crippen LogP contribution in [0, 0.1) is 12.3 Å². The smallest absolute Gasteiger partial charge is 0.0167 e. The monoisotopic (exact) mass is 174 g/mol. The van der Waals surface area contributed by atoms with E-state index in [0.717, 1.165) is 5.92 Å². The molecule has 2 aliphatic rings. The van der Waals surface area contributed by atoms with E-state index in [1.807, 2.05) is 0 Å². The van der Waals surface area contributed by atoms with Crippen LogP contribution in [0.5, 0.6) is 0 Å². The molecule has 0 bridgehead atoms. The first-order valence-corrected chi connectivity index (χ1v) is 5.40. The van der Waals surface area contributed by atoms with Gasteiger partial charge in [0.05, 0.1) is 0 Å². The van der Waals surface area contributed by atoms with Crippen molar-refractivity contribution >= 4 is 0 Å². The molecule has 1 atom stereocenters. The molecule has 0 nitrogen and oxygen atoms in total. The largest absolute Gasteiger partial charge is 0.0645 e. The molecule has 0 N–H and O–H groups in total. The summed E-state index contributed by atoms with van der Waals surface area (Å²) in [5.74, 6) is 0.753. The molecule has 0 aromatic carbocycles. The van der Waals surface area contributed by atoms with Crippen molar-refractivity contribution in [3.05, 3.63) is 28.7 Å². The summed E-state index contributed by atoms with van der Waals surface area (Å²) >= 11 is 0. The topological polar surface area (TPSA) is 0 Å². The Kier molecular flexibility index (Phi) is 2.31. The Labute approximate surface area is 81.7 Å². The van der Waals surface area contributed by atoms with Crippen LogP contribution < -0.4 is 0 Å². The number of rotatable bonds is 1.